The highest BCUT2D eigenvalue weighted by Crippen LogP contribution is 2.50. The molecule has 5 heteroatoms. The van der Waals surface area contributed by atoms with Gasteiger partial charge in [0.15, 0.2) is 0 Å². The fourth-order valence-corrected chi connectivity index (χ4v) is 3.87. The summed E-state index contributed by atoms with van der Waals surface area (Å²) in [6.45, 7) is 10.7. The zero-order chi connectivity index (χ0) is 20.5. The van der Waals surface area contributed by atoms with E-state index in [9.17, 15) is 4.79 Å². The fraction of sp³-hybridized carbons (Fsp3) is 0.435. The third-order valence-corrected chi connectivity index (χ3v) is 4.95. The van der Waals surface area contributed by atoms with Gasteiger partial charge in [0.1, 0.15) is 17.6 Å². The van der Waals surface area contributed by atoms with Crippen LogP contribution in [-0.2, 0) is 11.2 Å². The van der Waals surface area contributed by atoms with E-state index in [4.69, 9.17) is 19.9 Å². The van der Waals surface area contributed by atoms with Gasteiger partial charge in [-0.3, -0.25) is 0 Å². The van der Waals surface area contributed by atoms with Crippen LogP contribution in [0, 0.1) is 5.41 Å². The van der Waals surface area contributed by atoms with Crippen molar-refractivity contribution in [3.05, 3.63) is 47.5 Å². The van der Waals surface area contributed by atoms with Crippen LogP contribution in [0.15, 0.2) is 36.4 Å². The summed E-state index contributed by atoms with van der Waals surface area (Å²) in [5, 5.41) is 0. The monoisotopic (exact) mass is 383 g/mol. The second kappa shape index (κ2) is 7.74. The third kappa shape index (κ3) is 4.08. The highest BCUT2D eigenvalue weighted by molar-refractivity contribution is 5.74. The molecule has 1 aliphatic carbocycles. The fourth-order valence-electron chi connectivity index (χ4n) is 3.87. The molecular formula is C23H29NO4. The van der Waals surface area contributed by atoms with Gasteiger partial charge in [-0.05, 0) is 68.1 Å². The molecule has 0 bridgehead atoms. The van der Waals surface area contributed by atoms with E-state index in [1.807, 2.05) is 51.1 Å². The van der Waals surface area contributed by atoms with Crippen molar-refractivity contribution in [2.24, 2.45) is 11.1 Å². The van der Waals surface area contributed by atoms with Gasteiger partial charge in [-0.2, -0.15) is 0 Å². The molecule has 0 fully saturated rings. The van der Waals surface area contributed by atoms with Crippen LogP contribution < -0.4 is 15.2 Å². The van der Waals surface area contributed by atoms with Gasteiger partial charge in [0.05, 0.1) is 12.7 Å². The molecule has 5 nitrogen and oxygen atoms in total. The average molecular weight is 383 g/mol. The Morgan fingerprint density at radius 3 is 2.46 bits per heavy atom. The van der Waals surface area contributed by atoms with E-state index in [2.05, 4.69) is 19.9 Å². The number of primary amides is 1. The van der Waals surface area contributed by atoms with Crippen molar-refractivity contribution in [1.82, 2.24) is 0 Å². The number of hydrogen-bond donors (Lipinski definition) is 1. The smallest absolute Gasteiger partial charge is 0.405 e. The largest absolute Gasteiger partial charge is 0.493 e. The van der Waals surface area contributed by atoms with Gasteiger partial charge in [-0.25, -0.2) is 4.79 Å². The van der Waals surface area contributed by atoms with Gasteiger partial charge in [0.25, 0.3) is 0 Å². The lowest BCUT2D eigenvalue weighted by Crippen LogP contribution is -2.25. The summed E-state index contributed by atoms with van der Waals surface area (Å²) in [4.78, 5) is 11.4. The van der Waals surface area contributed by atoms with E-state index in [1.165, 1.54) is 0 Å². The molecule has 28 heavy (non-hydrogen) atoms. The Kier molecular flexibility index (Phi) is 5.54. The van der Waals surface area contributed by atoms with Gasteiger partial charge in [-0.15, -0.1) is 0 Å². The lowest BCUT2D eigenvalue weighted by Gasteiger charge is -2.26. The van der Waals surface area contributed by atoms with Crippen LogP contribution in [-0.4, -0.2) is 18.8 Å². The summed E-state index contributed by atoms with van der Waals surface area (Å²) in [7, 11) is 0. The predicted molar refractivity (Wildman–Crippen MR) is 110 cm³/mol. The number of benzene rings is 2. The number of carbonyl (C=O) groups excluding carboxylic acids is 1. The molecule has 0 aromatic heterocycles. The quantitative estimate of drug-likeness (QED) is 0.739. The molecule has 150 valence electrons. The molecule has 0 aliphatic heterocycles. The van der Waals surface area contributed by atoms with Crippen LogP contribution in [0.2, 0.25) is 0 Å². The van der Waals surface area contributed by atoms with Gasteiger partial charge in [0.2, 0.25) is 0 Å². The molecule has 1 amide bonds. The Morgan fingerprint density at radius 1 is 1.21 bits per heavy atom. The standard InChI is InChI=1S/C23H29NO4/c1-6-26-20-12-19-16(13-23(4,5)21(19)28-22(24)25)11-18(20)15-7-9-17(10-8-15)27-14(2)3/h7-12,14,21H,6,13H2,1-5H3,(H2,24,25)/t21-/m0/s1. The first-order chi connectivity index (χ1) is 13.2. The summed E-state index contributed by atoms with van der Waals surface area (Å²) in [6.07, 6.45) is -0.202. The molecule has 3 rings (SSSR count). The second-order valence-electron chi connectivity index (χ2n) is 8.15. The second-order valence-corrected chi connectivity index (χ2v) is 8.15. The van der Waals surface area contributed by atoms with Crippen LogP contribution in [0.4, 0.5) is 4.79 Å². The summed E-state index contributed by atoms with van der Waals surface area (Å²) < 4.78 is 17.1. The molecule has 0 radical (unpaired) electrons. The van der Waals surface area contributed by atoms with E-state index in [0.29, 0.717) is 6.61 Å². The minimum atomic E-state index is -0.756. The van der Waals surface area contributed by atoms with Crippen LogP contribution in [0.1, 0.15) is 51.8 Å². The van der Waals surface area contributed by atoms with E-state index in [0.717, 1.165) is 40.2 Å². The zero-order valence-electron chi connectivity index (χ0n) is 17.2. The first kappa shape index (κ1) is 20.1. The molecule has 2 N–H and O–H groups in total. The molecule has 0 saturated heterocycles. The van der Waals surface area contributed by atoms with E-state index < -0.39 is 6.09 Å². The average Bonchev–Trinajstić information content (AvgIpc) is 2.84. The molecule has 2 aromatic rings. The minimum Gasteiger partial charge on any atom is -0.493 e. The minimum absolute atomic E-state index is 0.134. The lowest BCUT2D eigenvalue weighted by atomic mass is 9.87. The van der Waals surface area contributed by atoms with Crippen LogP contribution in [0.5, 0.6) is 11.5 Å². The zero-order valence-corrected chi connectivity index (χ0v) is 17.2. The van der Waals surface area contributed by atoms with Crippen molar-refractivity contribution in [2.45, 2.75) is 53.2 Å². The number of fused-ring (bicyclic) bond motifs is 1. The third-order valence-electron chi connectivity index (χ3n) is 4.95. The van der Waals surface area contributed by atoms with Crippen molar-refractivity contribution >= 4 is 6.09 Å². The van der Waals surface area contributed by atoms with Crippen molar-refractivity contribution in [3.63, 3.8) is 0 Å². The summed E-state index contributed by atoms with van der Waals surface area (Å²) in [6, 6.07) is 12.2. The van der Waals surface area contributed by atoms with Gasteiger partial charge >= 0.3 is 6.09 Å². The lowest BCUT2D eigenvalue weighted by molar-refractivity contribution is 0.0391. The van der Waals surface area contributed by atoms with Crippen molar-refractivity contribution in [1.29, 1.82) is 0 Å². The van der Waals surface area contributed by atoms with Crippen molar-refractivity contribution in [3.8, 4) is 22.6 Å². The molecule has 0 saturated carbocycles. The van der Waals surface area contributed by atoms with E-state index in [1.54, 1.807) is 0 Å². The first-order valence-corrected chi connectivity index (χ1v) is 9.74. The highest BCUT2D eigenvalue weighted by atomic mass is 16.6. The maximum Gasteiger partial charge on any atom is 0.405 e. The molecule has 0 heterocycles. The Balaban J connectivity index is 2.03. The van der Waals surface area contributed by atoms with E-state index in [-0.39, 0.29) is 17.6 Å². The molecule has 0 spiro atoms. The van der Waals surface area contributed by atoms with Crippen LogP contribution in [0.25, 0.3) is 11.1 Å². The first-order valence-electron chi connectivity index (χ1n) is 9.74. The number of hydrogen-bond acceptors (Lipinski definition) is 4. The summed E-state index contributed by atoms with van der Waals surface area (Å²) >= 11 is 0. The number of amides is 1. The molecule has 2 aromatic carbocycles. The molecule has 1 aliphatic rings. The SMILES string of the molecule is CCOc1cc2c(cc1-c1ccc(OC(C)C)cc1)CC(C)(C)[C@H]2OC(N)=O. The molecular weight excluding hydrogens is 354 g/mol. The maximum atomic E-state index is 11.4. The number of carbonyl (C=O) groups is 1. The molecule has 0 unspecified atom stereocenters. The summed E-state index contributed by atoms with van der Waals surface area (Å²) in [5.74, 6) is 1.61. The van der Waals surface area contributed by atoms with Gasteiger partial charge in [0, 0.05) is 11.0 Å². The highest BCUT2D eigenvalue weighted by Gasteiger charge is 2.42. The van der Waals surface area contributed by atoms with E-state index >= 15 is 0 Å². The predicted octanol–water partition coefficient (Wildman–Crippen LogP) is 5.26. The van der Waals surface area contributed by atoms with Gasteiger partial charge in [-0.1, -0.05) is 26.0 Å². The van der Waals surface area contributed by atoms with Crippen LogP contribution in [0.3, 0.4) is 0 Å². The topological polar surface area (TPSA) is 70.8 Å². The number of rotatable bonds is 6. The Morgan fingerprint density at radius 2 is 1.89 bits per heavy atom. The molecule has 1 atom stereocenters. The Bertz CT molecular complexity index is 856. The Labute approximate surface area is 166 Å². The van der Waals surface area contributed by atoms with Crippen LogP contribution >= 0.6 is 0 Å². The maximum absolute atomic E-state index is 11.4. The number of ether oxygens (including phenoxy) is 3. The Hall–Kier alpha value is -2.69. The van der Waals surface area contributed by atoms with Gasteiger partial charge < -0.3 is 19.9 Å². The van der Waals surface area contributed by atoms with Crippen molar-refractivity contribution < 1.29 is 19.0 Å². The summed E-state index contributed by atoms with van der Waals surface area (Å²) in [5.41, 5.74) is 9.28. The van der Waals surface area contributed by atoms with Crippen molar-refractivity contribution in [2.75, 3.05) is 6.61 Å². The number of nitrogens with two attached hydrogens (primary N) is 1. The normalized spacial score (nSPS) is 17.3.